The third kappa shape index (κ3) is 4.84. The van der Waals surface area contributed by atoms with E-state index in [2.05, 4.69) is 22.3 Å². The monoisotopic (exact) mass is 429 g/mol. The van der Waals surface area contributed by atoms with Crippen molar-refractivity contribution in [2.75, 3.05) is 37.6 Å². The molecule has 2 aromatic carbocycles. The molecule has 0 spiro atoms. The molecule has 1 unspecified atom stereocenters. The molecule has 6 nitrogen and oxygen atoms in total. The quantitative estimate of drug-likeness (QED) is 0.699. The number of aryl methyl sites for hydroxylation is 1. The Balaban J connectivity index is 1.66. The fourth-order valence-electron chi connectivity index (χ4n) is 3.92. The highest BCUT2D eigenvalue weighted by Gasteiger charge is 2.25. The van der Waals surface area contributed by atoms with Crippen LogP contribution in [0.4, 0.5) is 5.69 Å². The highest BCUT2D eigenvalue weighted by Crippen LogP contribution is 2.23. The highest BCUT2D eigenvalue weighted by atomic mass is 32.2. The van der Waals surface area contributed by atoms with E-state index in [-0.39, 0.29) is 10.8 Å². The van der Waals surface area contributed by atoms with Crippen LogP contribution in [0, 0.1) is 12.8 Å². The summed E-state index contributed by atoms with van der Waals surface area (Å²) in [5.74, 6) is 0.152. The van der Waals surface area contributed by atoms with Gasteiger partial charge >= 0.3 is 0 Å². The molecule has 3 rings (SSSR count). The van der Waals surface area contributed by atoms with Gasteiger partial charge in [0.1, 0.15) is 0 Å². The van der Waals surface area contributed by atoms with Crippen molar-refractivity contribution in [3.8, 4) is 0 Å². The van der Waals surface area contributed by atoms with E-state index in [1.54, 1.807) is 12.1 Å². The molecule has 1 fully saturated rings. The van der Waals surface area contributed by atoms with Crippen LogP contribution in [0.1, 0.15) is 36.2 Å². The minimum absolute atomic E-state index is 0.165. The number of rotatable bonds is 8. The van der Waals surface area contributed by atoms with Crippen molar-refractivity contribution in [3.63, 3.8) is 0 Å². The number of carbonyl (C=O) groups excluding carboxylic acids is 1. The van der Waals surface area contributed by atoms with Crippen molar-refractivity contribution in [2.24, 2.45) is 5.92 Å². The zero-order chi connectivity index (χ0) is 21.7. The lowest BCUT2D eigenvalue weighted by atomic mass is 10.1. The molecule has 1 amide bonds. The first-order valence-electron chi connectivity index (χ1n) is 10.6. The lowest BCUT2D eigenvalue weighted by Gasteiger charge is -2.20. The minimum atomic E-state index is -3.60. The van der Waals surface area contributed by atoms with Crippen LogP contribution >= 0.6 is 0 Å². The lowest BCUT2D eigenvalue weighted by molar-refractivity contribution is 0.0947. The molecule has 0 aromatic heterocycles. The van der Waals surface area contributed by atoms with Gasteiger partial charge in [-0.25, -0.2) is 8.42 Å². The average Bonchev–Trinajstić information content (AvgIpc) is 3.22. The molecule has 1 aliphatic heterocycles. The van der Waals surface area contributed by atoms with E-state index in [1.807, 2.05) is 39.0 Å². The van der Waals surface area contributed by atoms with Crippen LogP contribution in [0.5, 0.6) is 0 Å². The largest absolute Gasteiger partial charge is 0.371 e. The van der Waals surface area contributed by atoms with Gasteiger partial charge in [-0.2, -0.15) is 4.31 Å². The number of hydrogen-bond acceptors (Lipinski definition) is 4. The third-order valence-corrected chi connectivity index (χ3v) is 7.80. The molecule has 30 heavy (non-hydrogen) atoms. The van der Waals surface area contributed by atoms with Crippen LogP contribution in [0.2, 0.25) is 0 Å². The van der Waals surface area contributed by atoms with Crippen LogP contribution < -0.4 is 10.2 Å². The summed E-state index contributed by atoms with van der Waals surface area (Å²) in [6.07, 6.45) is 1.02. The van der Waals surface area contributed by atoms with E-state index in [4.69, 9.17) is 0 Å². The van der Waals surface area contributed by atoms with Gasteiger partial charge in [0.25, 0.3) is 5.91 Å². The van der Waals surface area contributed by atoms with E-state index < -0.39 is 10.0 Å². The Morgan fingerprint density at radius 3 is 2.50 bits per heavy atom. The van der Waals surface area contributed by atoms with E-state index in [0.717, 1.165) is 25.1 Å². The SMILES string of the molecule is CCN(CC)S(=O)(=O)c1ccc(C)c(C(=O)NCC2CCN(c3ccccc3)C2)c1. The van der Waals surface area contributed by atoms with Gasteiger partial charge < -0.3 is 10.2 Å². The molecule has 1 atom stereocenters. The number of hydrogen-bond donors (Lipinski definition) is 1. The summed E-state index contributed by atoms with van der Waals surface area (Å²) in [7, 11) is -3.60. The Morgan fingerprint density at radius 2 is 1.83 bits per heavy atom. The van der Waals surface area contributed by atoms with Gasteiger partial charge in [0.2, 0.25) is 10.0 Å². The zero-order valence-corrected chi connectivity index (χ0v) is 18.8. The van der Waals surface area contributed by atoms with Crippen LogP contribution in [0.3, 0.4) is 0 Å². The fraction of sp³-hybridized carbons (Fsp3) is 0.435. The first-order valence-corrected chi connectivity index (χ1v) is 12.0. The maximum absolute atomic E-state index is 12.8. The molecular weight excluding hydrogens is 398 g/mol. The standard InChI is InChI=1S/C23H31N3O3S/c1-4-26(5-2)30(28,29)21-12-11-18(3)22(15-21)23(27)24-16-19-13-14-25(17-19)20-9-7-6-8-10-20/h6-12,15,19H,4-5,13-14,16-17H2,1-3H3,(H,24,27). The Kier molecular flexibility index (Phi) is 7.15. The molecule has 1 heterocycles. The highest BCUT2D eigenvalue weighted by molar-refractivity contribution is 7.89. The number of nitrogens with one attached hydrogen (secondary N) is 1. The van der Waals surface area contributed by atoms with Crippen molar-refractivity contribution in [2.45, 2.75) is 32.1 Å². The second-order valence-electron chi connectivity index (χ2n) is 7.71. The first kappa shape index (κ1) is 22.3. The Morgan fingerprint density at radius 1 is 1.13 bits per heavy atom. The van der Waals surface area contributed by atoms with Gasteiger partial charge in [-0.15, -0.1) is 0 Å². The van der Waals surface area contributed by atoms with Gasteiger partial charge in [-0.05, 0) is 49.1 Å². The maximum atomic E-state index is 12.8. The number of carbonyl (C=O) groups is 1. The molecule has 7 heteroatoms. The number of sulfonamides is 1. The summed E-state index contributed by atoms with van der Waals surface area (Å²) in [5.41, 5.74) is 2.39. The van der Waals surface area contributed by atoms with Gasteiger partial charge in [0.05, 0.1) is 4.90 Å². The van der Waals surface area contributed by atoms with Crippen LogP contribution in [0.25, 0.3) is 0 Å². The van der Waals surface area contributed by atoms with Crippen LogP contribution in [-0.4, -0.2) is 51.4 Å². The normalized spacial score (nSPS) is 16.8. The van der Waals surface area contributed by atoms with Crippen molar-refractivity contribution in [3.05, 3.63) is 59.7 Å². The summed E-state index contributed by atoms with van der Waals surface area (Å²) >= 11 is 0. The number of benzene rings is 2. The predicted molar refractivity (Wildman–Crippen MR) is 120 cm³/mol. The minimum Gasteiger partial charge on any atom is -0.371 e. The van der Waals surface area contributed by atoms with E-state index in [9.17, 15) is 13.2 Å². The average molecular weight is 430 g/mol. The molecule has 0 saturated carbocycles. The van der Waals surface area contributed by atoms with E-state index in [0.29, 0.717) is 31.1 Å². The van der Waals surface area contributed by atoms with Crippen molar-refractivity contribution < 1.29 is 13.2 Å². The van der Waals surface area contributed by atoms with E-state index in [1.165, 1.54) is 16.1 Å². The van der Waals surface area contributed by atoms with Gasteiger partial charge in [0, 0.05) is 44.0 Å². The third-order valence-electron chi connectivity index (χ3n) is 5.76. The van der Waals surface area contributed by atoms with Gasteiger partial charge in [-0.1, -0.05) is 38.1 Å². The summed E-state index contributed by atoms with van der Waals surface area (Å²) in [5, 5.41) is 3.02. The number of nitrogens with zero attached hydrogens (tertiary/aromatic N) is 2. The van der Waals surface area contributed by atoms with Crippen molar-refractivity contribution in [1.29, 1.82) is 0 Å². The number of amides is 1. The molecule has 0 radical (unpaired) electrons. The summed E-state index contributed by atoms with van der Waals surface area (Å²) in [4.78, 5) is 15.3. The number of para-hydroxylation sites is 1. The molecule has 1 saturated heterocycles. The number of anilines is 1. The van der Waals surface area contributed by atoms with E-state index >= 15 is 0 Å². The molecule has 1 aliphatic rings. The molecule has 1 N–H and O–H groups in total. The second kappa shape index (κ2) is 9.62. The molecule has 0 bridgehead atoms. The van der Waals surface area contributed by atoms with Crippen LogP contribution in [0.15, 0.2) is 53.4 Å². The first-order chi connectivity index (χ1) is 14.4. The van der Waals surface area contributed by atoms with Gasteiger partial charge in [-0.3, -0.25) is 4.79 Å². The fourth-order valence-corrected chi connectivity index (χ4v) is 5.41. The van der Waals surface area contributed by atoms with Crippen molar-refractivity contribution >= 4 is 21.6 Å². The maximum Gasteiger partial charge on any atom is 0.251 e. The molecule has 0 aliphatic carbocycles. The summed E-state index contributed by atoms with van der Waals surface area (Å²) in [6.45, 7) is 8.69. The molecule has 162 valence electrons. The summed E-state index contributed by atoms with van der Waals surface area (Å²) in [6, 6.07) is 15.1. The summed E-state index contributed by atoms with van der Waals surface area (Å²) < 4.78 is 27.0. The molecular formula is C23H31N3O3S. The van der Waals surface area contributed by atoms with Crippen LogP contribution in [-0.2, 0) is 10.0 Å². The lowest BCUT2D eigenvalue weighted by Crippen LogP contribution is -2.32. The second-order valence-corrected chi connectivity index (χ2v) is 9.65. The van der Waals surface area contributed by atoms with Crippen molar-refractivity contribution in [1.82, 2.24) is 9.62 Å². The predicted octanol–water partition coefficient (Wildman–Crippen LogP) is 3.28. The Bertz CT molecular complexity index is 972. The van der Waals surface area contributed by atoms with Gasteiger partial charge in [0.15, 0.2) is 0 Å². The Labute approximate surface area is 179 Å². The zero-order valence-electron chi connectivity index (χ0n) is 18.0. The smallest absolute Gasteiger partial charge is 0.251 e. The topological polar surface area (TPSA) is 69.7 Å². The Hall–Kier alpha value is -2.38. The molecule has 2 aromatic rings.